The Labute approximate surface area is 153 Å². The molecule has 0 spiro atoms. The van der Waals surface area contributed by atoms with Crippen LogP contribution in [0.25, 0.3) is 11.1 Å². The van der Waals surface area contributed by atoms with Gasteiger partial charge in [-0.1, -0.05) is 30.2 Å². The smallest absolute Gasteiger partial charge is 0.271 e. The van der Waals surface area contributed by atoms with E-state index in [0.29, 0.717) is 10.6 Å². The lowest BCUT2D eigenvalue weighted by Gasteiger charge is -2.26. The van der Waals surface area contributed by atoms with Crippen molar-refractivity contribution in [2.24, 2.45) is 0 Å². The summed E-state index contributed by atoms with van der Waals surface area (Å²) in [5.74, 6) is 0. The van der Waals surface area contributed by atoms with E-state index in [4.69, 9.17) is 11.6 Å². The molecule has 0 saturated carbocycles. The SMILES string of the molecule is Cl.Cl.O=c1[nH]n(CCN2CCCCC2)cc1-c1ccc(Cl)cc1. The van der Waals surface area contributed by atoms with Gasteiger partial charge in [0.25, 0.3) is 5.56 Å². The fourth-order valence-electron chi connectivity index (χ4n) is 2.83. The molecule has 1 aromatic carbocycles. The summed E-state index contributed by atoms with van der Waals surface area (Å²) in [7, 11) is 0. The Morgan fingerprint density at radius 1 is 1.00 bits per heavy atom. The van der Waals surface area contributed by atoms with Gasteiger partial charge in [0, 0.05) is 17.8 Å². The molecule has 7 heteroatoms. The number of aromatic nitrogens is 2. The Kier molecular flexibility index (Phi) is 8.20. The summed E-state index contributed by atoms with van der Waals surface area (Å²) < 4.78 is 1.89. The second-order valence-corrected chi connectivity index (χ2v) is 6.02. The van der Waals surface area contributed by atoms with E-state index >= 15 is 0 Å². The van der Waals surface area contributed by atoms with Crippen LogP contribution in [0.15, 0.2) is 35.3 Å². The Hall–Kier alpha value is -0.940. The van der Waals surface area contributed by atoms with Crippen molar-refractivity contribution >= 4 is 36.4 Å². The van der Waals surface area contributed by atoms with Crippen LogP contribution >= 0.6 is 36.4 Å². The maximum Gasteiger partial charge on any atom is 0.271 e. The molecule has 1 saturated heterocycles. The van der Waals surface area contributed by atoms with Crippen molar-refractivity contribution < 1.29 is 0 Å². The Morgan fingerprint density at radius 2 is 1.65 bits per heavy atom. The van der Waals surface area contributed by atoms with E-state index in [2.05, 4.69) is 10.00 Å². The lowest BCUT2D eigenvalue weighted by Crippen LogP contribution is -2.32. The first-order valence-corrected chi connectivity index (χ1v) is 7.88. The summed E-state index contributed by atoms with van der Waals surface area (Å²) in [6, 6.07) is 7.37. The van der Waals surface area contributed by atoms with Gasteiger partial charge in [-0.15, -0.1) is 24.8 Å². The van der Waals surface area contributed by atoms with Crippen molar-refractivity contribution in [1.82, 2.24) is 14.7 Å². The molecular formula is C16H22Cl3N3O. The van der Waals surface area contributed by atoms with Crippen LogP contribution in [0.3, 0.4) is 0 Å². The molecule has 1 aliphatic rings. The zero-order chi connectivity index (χ0) is 14.7. The summed E-state index contributed by atoms with van der Waals surface area (Å²) in [4.78, 5) is 14.5. The predicted molar refractivity (Wildman–Crippen MR) is 100 cm³/mol. The van der Waals surface area contributed by atoms with Gasteiger partial charge in [0.2, 0.25) is 0 Å². The first-order valence-electron chi connectivity index (χ1n) is 7.50. The van der Waals surface area contributed by atoms with E-state index in [9.17, 15) is 4.79 Å². The lowest BCUT2D eigenvalue weighted by atomic mass is 10.1. The van der Waals surface area contributed by atoms with Crippen molar-refractivity contribution in [3.05, 3.63) is 45.8 Å². The molecule has 1 fully saturated rings. The average molecular weight is 379 g/mol. The average Bonchev–Trinajstić information content (AvgIpc) is 2.88. The number of hydrogen-bond acceptors (Lipinski definition) is 2. The van der Waals surface area contributed by atoms with Crippen molar-refractivity contribution in [3.8, 4) is 11.1 Å². The number of likely N-dealkylation sites (tertiary alicyclic amines) is 1. The van der Waals surface area contributed by atoms with Crippen LogP contribution in [-0.2, 0) is 6.54 Å². The van der Waals surface area contributed by atoms with E-state index in [1.165, 1.54) is 32.4 Å². The van der Waals surface area contributed by atoms with Crippen LogP contribution < -0.4 is 5.56 Å². The van der Waals surface area contributed by atoms with Gasteiger partial charge < -0.3 is 4.90 Å². The molecular weight excluding hydrogens is 357 g/mol. The molecule has 0 unspecified atom stereocenters. The molecule has 1 aliphatic heterocycles. The third-order valence-corrected chi connectivity index (χ3v) is 4.29. The van der Waals surface area contributed by atoms with Crippen LogP contribution in [0.1, 0.15) is 19.3 Å². The highest BCUT2D eigenvalue weighted by Gasteiger charge is 2.11. The van der Waals surface area contributed by atoms with Gasteiger partial charge in [-0.2, -0.15) is 0 Å². The highest BCUT2D eigenvalue weighted by Crippen LogP contribution is 2.18. The van der Waals surface area contributed by atoms with E-state index < -0.39 is 0 Å². The number of rotatable bonds is 4. The third kappa shape index (κ3) is 5.28. The zero-order valence-electron chi connectivity index (χ0n) is 12.8. The van der Waals surface area contributed by atoms with E-state index in [1.54, 1.807) is 12.1 Å². The fourth-order valence-corrected chi connectivity index (χ4v) is 2.95. The van der Waals surface area contributed by atoms with Gasteiger partial charge in [-0.3, -0.25) is 14.6 Å². The Morgan fingerprint density at radius 3 is 2.30 bits per heavy atom. The van der Waals surface area contributed by atoms with E-state index in [-0.39, 0.29) is 30.4 Å². The number of H-pyrrole nitrogens is 1. The van der Waals surface area contributed by atoms with Crippen molar-refractivity contribution in [2.75, 3.05) is 19.6 Å². The highest BCUT2D eigenvalue weighted by molar-refractivity contribution is 6.30. The maximum absolute atomic E-state index is 12.1. The second-order valence-electron chi connectivity index (χ2n) is 5.59. The van der Waals surface area contributed by atoms with Gasteiger partial charge >= 0.3 is 0 Å². The second kappa shape index (κ2) is 9.38. The van der Waals surface area contributed by atoms with Gasteiger partial charge in [0.1, 0.15) is 0 Å². The molecule has 4 nitrogen and oxygen atoms in total. The minimum Gasteiger partial charge on any atom is -0.302 e. The van der Waals surface area contributed by atoms with Crippen molar-refractivity contribution in [1.29, 1.82) is 0 Å². The largest absolute Gasteiger partial charge is 0.302 e. The summed E-state index contributed by atoms with van der Waals surface area (Å²) in [5.41, 5.74) is 1.55. The normalized spacial score (nSPS) is 14.8. The first-order chi connectivity index (χ1) is 10.2. The summed E-state index contributed by atoms with van der Waals surface area (Å²) in [6.07, 6.45) is 5.82. The number of nitrogens with zero attached hydrogens (tertiary/aromatic N) is 2. The van der Waals surface area contributed by atoms with Crippen LogP contribution in [0.4, 0.5) is 0 Å². The Balaban J connectivity index is 0.00000132. The van der Waals surface area contributed by atoms with Crippen LogP contribution in [-0.4, -0.2) is 34.3 Å². The van der Waals surface area contributed by atoms with Crippen LogP contribution in [0.5, 0.6) is 0 Å². The summed E-state index contributed by atoms with van der Waals surface area (Å²) in [6.45, 7) is 4.17. The standard InChI is InChI=1S/C16H20ClN3O.2ClH/c17-14-6-4-13(5-7-14)15-12-20(18-16(15)21)11-10-19-8-2-1-3-9-19;;/h4-7,12H,1-3,8-11H2,(H,18,21);2*1H. The molecule has 0 amide bonds. The molecule has 0 radical (unpaired) electrons. The monoisotopic (exact) mass is 377 g/mol. The zero-order valence-corrected chi connectivity index (χ0v) is 15.2. The number of benzene rings is 1. The third-order valence-electron chi connectivity index (χ3n) is 4.04. The number of hydrogen-bond donors (Lipinski definition) is 1. The molecule has 3 rings (SSSR count). The minimum absolute atomic E-state index is 0. The molecule has 1 aromatic heterocycles. The number of piperidine rings is 1. The van der Waals surface area contributed by atoms with Crippen molar-refractivity contribution in [2.45, 2.75) is 25.8 Å². The Bertz CT molecular complexity index is 645. The van der Waals surface area contributed by atoms with Gasteiger partial charge in [0.15, 0.2) is 0 Å². The minimum atomic E-state index is -0.0454. The molecule has 0 bridgehead atoms. The number of halogens is 3. The first kappa shape index (κ1) is 20.1. The highest BCUT2D eigenvalue weighted by atomic mass is 35.5. The molecule has 0 aliphatic carbocycles. The molecule has 0 atom stereocenters. The molecule has 23 heavy (non-hydrogen) atoms. The van der Waals surface area contributed by atoms with E-state index in [0.717, 1.165) is 18.7 Å². The molecule has 2 heterocycles. The number of aromatic amines is 1. The molecule has 2 aromatic rings. The van der Waals surface area contributed by atoms with Crippen molar-refractivity contribution in [3.63, 3.8) is 0 Å². The quantitative estimate of drug-likeness (QED) is 0.878. The van der Waals surface area contributed by atoms with Gasteiger partial charge in [-0.25, -0.2) is 0 Å². The van der Waals surface area contributed by atoms with Gasteiger partial charge in [0.05, 0.1) is 12.1 Å². The predicted octanol–water partition coefficient (Wildman–Crippen LogP) is 3.83. The van der Waals surface area contributed by atoms with Crippen LogP contribution in [0.2, 0.25) is 5.02 Å². The fraction of sp³-hybridized carbons (Fsp3) is 0.438. The maximum atomic E-state index is 12.1. The molecule has 1 N–H and O–H groups in total. The van der Waals surface area contributed by atoms with E-state index in [1.807, 2.05) is 23.0 Å². The molecule has 128 valence electrons. The summed E-state index contributed by atoms with van der Waals surface area (Å²) in [5, 5.41) is 3.58. The van der Waals surface area contributed by atoms with Crippen LogP contribution in [0, 0.1) is 0 Å². The number of nitrogens with one attached hydrogen (secondary N) is 1. The lowest BCUT2D eigenvalue weighted by molar-refractivity contribution is 0.218. The summed E-state index contributed by atoms with van der Waals surface area (Å²) >= 11 is 5.88. The van der Waals surface area contributed by atoms with Gasteiger partial charge in [-0.05, 0) is 43.6 Å². The topological polar surface area (TPSA) is 41.0 Å².